The monoisotopic (exact) mass is 570 g/mol. The van der Waals surface area contributed by atoms with Crippen LogP contribution in [0.25, 0.3) is 5.69 Å². The maximum atomic E-state index is 14.3. The van der Waals surface area contributed by atoms with Crippen LogP contribution in [0.3, 0.4) is 0 Å². The maximum Gasteiger partial charge on any atom is 0.416 e. The Hall–Kier alpha value is -3.51. The van der Waals surface area contributed by atoms with Crippen LogP contribution in [-0.4, -0.2) is 47.7 Å². The van der Waals surface area contributed by atoms with E-state index in [9.17, 15) is 22.4 Å². The fourth-order valence-electron chi connectivity index (χ4n) is 5.86. The zero-order valence-corrected chi connectivity index (χ0v) is 22.4. The van der Waals surface area contributed by atoms with Gasteiger partial charge in [0.2, 0.25) is 0 Å². The smallest absolute Gasteiger partial charge is 0.292 e. The van der Waals surface area contributed by atoms with Crippen molar-refractivity contribution in [3.05, 3.63) is 89.5 Å². The molecule has 1 aliphatic carbocycles. The molecule has 3 aromatic heterocycles. The van der Waals surface area contributed by atoms with Crippen molar-refractivity contribution >= 4 is 17.7 Å². The van der Waals surface area contributed by atoms with Gasteiger partial charge in [-0.2, -0.15) is 23.4 Å². The Balaban J connectivity index is 1.38. The van der Waals surface area contributed by atoms with E-state index < -0.39 is 22.9 Å². The summed E-state index contributed by atoms with van der Waals surface area (Å²) in [6, 6.07) is 7.79. The summed E-state index contributed by atoms with van der Waals surface area (Å²) in [4.78, 5) is 19.3. The number of hydrogen-bond donors (Lipinski definition) is 0. The minimum atomic E-state index is -4.58. The number of fused-ring (bicyclic) bond motifs is 2. The van der Waals surface area contributed by atoms with Crippen LogP contribution < -0.4 is 0 Å². The molecule has 1 fully saturated rings. The Bertz CT molecular complexity index is 1550. The number of aryl methyl sites for hydroxylation is 1. The zero-order valence-electron chi connectivity index (χ0n) is 21.6. The highest BCUT2D eigenvalue weighted by Crippen LogP contribution is 2.49. The average molecular weight is 571 g/mol. The van der Waals surface area contributed by atoms with E-state index in [-0.39, 0.29) is 17.4 Å². The molecular weight excluding hydrogens is 544 g/mol. The predicted octanol–water partition coefficient (Wildman–Crippen LogP) is 5.64. The lowest BCUT2D eigenvalue weighted by Crippen LogP contribution is -2.55. The highest BCUT2D eigenvalue weighted by atomic mass is 32.2. The number of aromatic nitrogens is 5. The summed E-state index contributed by atoms with van der Waals surface area (Å²) < 4.78 is 59.8. The van der Waals surface area contributed by atoms with Gasteiger partial charge >= 0.3 is 6.18 Å². The fourth-order valence-corrected chi connectivity index (χ4v) is 6.92. The third-order valence-corrected chi connectivity index (χ3v) is 8.87. The lowest BCUT2D eigenvalue weighted by Gasteiger charge is -2.49. The van der Waals surface area contributed by atoms with Gasteiger partial charge in [0.25, 0.3) is 0 Å². The molecule has 0 bridgehead atoms. The maximum absolute atomic E-state index is 14.3. The topological polar surface area (TPSA) is 68.8 Å². The largest absolute Gasteiger partial charge is 0.416 e. The van der Waals surface area contributed by atoms with Crippen LogP contribution in [0.1, 0.15) is 40.7 Å². The third kappa shape index (κ3) is 4.83. The summed E-state index contributed by atoms with van der Waals surface area (Å²) in [5.41, 5.74) is 0.427. The summed E-state index contributed by atoms with van der Waals surface area (Å²) in [6.07, 6.45) is 3.38. The number of halogens is 4. The molecule has 0 saturated carbocycles. The lowest BCUT2D eigenvalue weighted by atomic mass is 9.60. The summed E-state index contributed by atoms with van der Waals surface area (Å²) in [7, 11) is 0. The van der Waals surface area contributed by atoms with Crippen molar-refractivity contribution in [2.45, 2.75) is 43.8 Å². The Labute approximate surface area is 232 Å². The Morgan fingerprint density at radius 1 is 1.15 bits per heavy atom. The molecule has 4 aromatic rings. The quantitative estimate of drug-likeness (QED) is 0.170. The number of piperidine rings is 1. The molecule has 208 valence electrons. The Morgan fingerprint density at radius 2 is 1.95 bits per heavy atom. The fraction of sp³-hybridized carbons (Fsp3) is 0.357. The number of carbonyl (C=O) groups is 1. The molecule has 0 spiro atoms. The van der Waals surface area contributed by atoms with Crippen molar-refractivity contribution in [2.24, 2.45) is 11.3 Å². The van der Waals surface area contributed by atoms with Gasteiger partial charge < -0.3 is 0 Å². The minimum absolute atomic E-state index is 0.144. The number of pyridine rings is 1. The van der Waals surface area contributed by atoms with Crippen LogP contribution in [0.15, 0.2) is 66.1 Å². The molecule has 2 aliphatic rings. The van der Waals surface area contributed by atoms with E-state index in [0.717, 1.165) is 41.0 Å². The van der Waals surface area contributed by atoms with E-state index in [1.165, 1.54) is 24.1 Å². The molecule has 1 aliphatic heterocycles. The first-order chi connectivity index (χ1) is 19.2. The minimum Gasteiger partial charge on any atom is -0.292 e. The van der Waals surface area contributed by atoms with Gasteiger partial charge in [-0.1, -0.05) is 0 Å². The molecule has 0 amide bonds. The van der Waals surface area contributed by atoms with E-state index in [1.54, 1.807) is 29.2 Å². The van der Waals surface area contributed by atoms with Crippen molar-refractivity contribution in [1.82, 2.24) is 28.9 Å². The first-order valence-corrected chi connectivity index (χ1v) is 13.8. The van der Waals surface area contributed by atoms with Gasteiger partial charge in [-0.15, -0.1) is 0 Å². The van der Waals surface area contributed by atoms with Gasteiger partial charge in [0, 0.05) is 37.7 Å². The van der Waals surface area contributed by atoms with Gasteiger partial charge in [0.15, 0.2) is 5.78 Å². The third-order valence-electron chi connectivity index (χ3n) is 7.88. The summed E-state index contributed by atoms with van der Waals surface area (Å²) in [6.45, 7) is 3.76. The van der Waals surface area contributed by atoms with E-state index in [2.05, 4.69) is 19.5 Å². The zero-order chi connectivity index (χ0) is 28.1. The van der Waals surface area contributed by atoms with E-state index in [1.807, 2.05) is 17.8 Å². The first kappa shape index (κ1) is 26.7. The number of nitrogens with zero attached hydrogens (tertiary/aromatic N) is 6. The number of benzene rings is 1. The first-order valence-electron chi connectivity index (χ1n) is 13.0. The predicted molar refractivity (Wildman–Crippen MR) is 140 cm³/mol. The molecule has 1 aromatic carbocycles. The molecule has 0 radical (unpaired) electrons. The SMILES string of the molecule is CCn1cc(SN2CCC3Cc4c(cnn4-c4ccc(F)cc4)CC3(C(=O)c3cc(C(F)(F)F)ccn3)C2)cn1. The van der Waals surface area contributed by atoms with Crippen molar-refractivity contribution in [2.75, 3.05) is 13.1 Å². The molecular formula is C28H26F4N6OS. The Morgan fingerprint density at radius 3 is 2.67 bits per heavy atom. The highest BCUT2D eigenvalue weighted by molar-refractivity contribution is 7.97. The van der Waals surface area contributed by atoms with Crippen molar-refractivity contribution in [1.29, 1.82) is 0 Å². The van der Waals surface area contributed by atoms with Crippen molar-refractivity contribution in [3.8, 4) is 5.69 Å². The molecule has 0 N–H and O–H groups in total. The summed E-state index contributed by atoms with van der Waals surface area (Å²) in [5.74, 6) is -0.884. The number of Topliss-reactive ketones (excluding diaryl/α,β-unsaturated/α-hetero) is 1. The van der Waals surface area contributed by atoms with Crippen LogP contribution in [-0.2, 0) is 25.6 Å². The van der Waals surface area contributed by atoms with Crippen molar-refractivity contribution < 1.29 is 22.4 Å². The van der Waals surface area contributed by atoms with Crippen LogP contribution in [0.2, 0.25) is 0 Å². The van der Waals surface area contributed by atoms with E-state index in [4.69, 9.17) is 0 Å². The molecule has 2 unspecified atom stereocenters. The summed E-state index contributed by atoms with van der Waals surface area (Å²) >= 11 is 1.50. The second-order valence-electron chi connectivity index (χ2n) is 10.3. The number of hydrogen-bond acceptors (Lipinski definition) is 6. The molecule has 2 atom stereocenters. The van der Waals surface area contributed by atoms with Gasteiger partial charge in [-0.05, 0) is 86.0 Å². The highest BCUT2D eigenvalue weighted by Gasteiger charge is 2.53. The average Bonchev–Trinajstić information content (AvgIpc) is 3.57. The molecule has 1 saturated heterocycles. The van der Waals surface area contributed by atoms with E-state index >= 15 is 0 Å². The van der Waals surface area contributed by atoms with E-state index in [0.29, 0.717) is 38.0 Å². The molecule has 12 heteroatoms. The molecule has 4 heterocycles. The van der Waals surface area contributed by atoms with Gasteiger partial charge in [0.1, 0.15) is 11.5 Å². The summed E-state index contributed by atoms with van der Waals surface area (Å²) in [5, 5.41) is 8.89. The van der Waals surface area contributed by atoms with Crippen LogP contribution in [0, 0.1) is 17.2 Å². The lowest BCUT2D eigenvalue weighted by molar-refractivity contribution is -0.137. The van der Waals surface area contributed by atoms with Crippen molar-refractivity contribution in [3.63, 3.8) is 0 Å². The number of carbonyl (C=O) groups excluding carboxylic acids is 1. The second kappa shape index (κ2) is 10.2. The molecule has 6 rings (SSSR count). The van der Waals surface area contributed by atoms with Crippen LogP contribution in [0.5, 0.6) is 0 Å². The standard InChI is InChI=1S/C28H26F4N6OS/c1-2-36-16-23(15-34-36)40-37-10-8-19-12-25-18(14-35-38(25)22-5-3-21(29)4-6-22)13-27(19,17-37)26(39)24-11-20(7-9-33-24)28(30,31)32/h3-7,9,11,14-16,19H,2,8,10,12-13,17H2,1H3. The van der Waals surface area contributed by atoms with Gasteiger partial charge in [0.05, 0.1) is 34.0 Å². The van der Waals surface area contributed by atoms with Gasteiger partial charge in [-0.25, -0.2) is 13.4 Å². The van der Waals surface area contributed by atoms with Gasteiger partial charge in [-0.3, -0.25) is 14.5 Å². The number of rotatable bonds is 6. The van der Waals surface area contributed by atoms with Crippen LogP contribution in [0.4, 0.5) is 17.6 Å². The second-order valence-corrected chi connectivity index (χ2v) is 11.4. The molecule has 40 heavy (non-hydrogen) atoms. The van der Waals surface area contributed by atoms with Crippen LogP contribution >= 0.6 is 11.9 Å². The normalized spacial score (nSPS) is 21.2. The molecule has 7 nitrogen and oxygen atoms in total. The number of alkyl halides is 3. The Kier molecular flexibility index (Phi) is 6.78. The number of ketones is 1.